The maximum atomic E-state index is 11.8. The summed E-state index contributed by atoms with van der Waals surface area (Å²) in [5.41, 5.74) is 1.41. The minimum Gasteiger partial charge on any atom is -0.449 e. The van der Waals surface area contributed by atoms with E-state index >= 15 is 0 Å². The van der Waals surface area contributed by atoms with E-state index in [1.54, 1.807) is 33.9 Å². The molecule has 8 heteroatoms. The van der Waals surface area contributed by atoms with E-state index in [2.05, 4.69) is 15.3 Å². The van der Waals surface area contributed by atoms with Crippen LogP contribution in [-0.2, 0) is 16.6 Å². The van der Waals surface area contributed by atoms with E-state index in [0.29, 0.717) is 16.6 Å². The van der Waals surface area contributed by atoms with Gasteiger partial charge in [0.05, 0.1) is 5.69 Å². The molecule has 0 aliphatic heterocycles. The summed E-state index contributed by atoms with van der Waals surface area (Å²) in [6.45, 7) is 5.12. The fourth-order valence-electron chi connectivity index (χ4n) is 1.73. The van der Waals surface area contributed by atoms with Gasteiger partial charge >= 0.3 is 5.97 Å². The molecule has 0 aromatic carbocycles. The van der Waals surface area contributed by atoms with Gasteiger partial charge < -0.3 is 9.15 Å². The summed E-state index contributed by atoms with van der Waals surface area (Å²) in [5.74, 6) is 0.142. The van der Waals surface area contributed by atoms with Crippen molar-refractivity contribution in [2.75, 3.05) is 0 Å². The van der Waals surface area contributed by atoms with E-state index < -0.39 is 12.1 Å². The highest BCUT2D eigenvalue weighted by molar-refractivity contribution is 6.31. The zero-order chi connectivity index (χ0) is 15.6. The van der Waals surface area contributed by atoms with Crippen molar-refractivity contribution in [3.63, 3.8) is 0 Å². The predicted molar refractivity (Wildman–Crippen MR) is 75.5 cm³/mol. The van der Waals surface area contributed by atoms with Crippen LogP contribution in [0.1, 0.15) is 36.1 Å². The van der Waals surface area contributed by atoms with Gasteiger partial charge in [0.25, 0.3) is 5.89 Å². The number of hydrogen-bond acceptors (Lipinski definition) is 6. The zero-order valence-electron chi connectivity index (χ0n) is 12.1. The lowest BCUT2D eigenvalue weighted by Crippen LogP contribution is -2.06. The number of ether oxygens (including phenoxy) is 1. The SMILES string of the molecule is Cc1nnc(C(C)OC(=O)/C=C/c2c(C)nn(C)c2Cl)o1. The molecule has 0 saturated heterocycles. The predicted octanol–water partition coefficient (Wildman–Crippen LogP) is 2.39. The Morgan fingerprint density at radius 2 is 2.14 bits per heavy atom. The fraction of sp³-hybridized carbons (Fsp3) is 0.385. The van der Waals surface area contributed by atoms with Gasteiger partial charge in [-0.2, -0.15) is 5.10 Å². The van der Waals surface area contributed by atoms with E-state index in [9.17, 15) is 4.79 Å². The van der Waals surface area contributed by atoms with Crippen LogP contribution in [0.2, 0.25) is 5.15 Å². The molecule has 21 heavy (non-hydrogen) atoms. The molecule has 1 atom stereocenters. The molecular weight excluding hydrogens is 296 g/mol. The minimum absolute atomic E-state index is 0.254. The molecule has 2 rings (SSSR count). The van der Waals surface area contributed by atoms with Crippen molar-refractivity contribution in [1.82, 2.24) is 20.0 Å². The maximum absolute atomic E-state index is 11.8. The van der Waals surface area contributed by atoms with E-state index in [4.69, 9.17) is 20.8 Å². The van der Waals surface area contributed by atoms with E-state index in [1.807, 2.05) is 0 Å². The van der Waals surface area contributed by atoms with Crippen LogP contribution in [0.3, 0.4) is 0 Å². The van der Waals surface area contributed by atoms with E-state index in [0.717, 1.165) is 5.69 Å². The molecule has 2 heterocycles. The smallest absolute Gasteiger partial charge is 0.331 e. The molecule has 0 saturated carbocycles. The van der Waals surface area contributed by atoms with Gasteiger partial charge in [0, 0.05) is 25.6 Å². The molecule has 0 radical (unpaired) electrons. The van der Waals surface area contributed by atoms with Gasteiger partial charge in [0.2, 0.25) is 5.89 Å². The lowest BCUT2D eigenvalue weighted by molar-refractivity contribution is -0.143. The summed E-state index contributed by atoms with van der Waals surface area (Å²) in [6.07, 6.45) is 2.24. The van der Waals surface area contributed by atoms with Crippen LogP contribution in [-0.4, -0.2) is 25.9 Å². The van der Waals surface area contributed by atoms with Crippen LogP contribution >= 0.6 is 11.6 Å². The summed E-state index contributed by atoms with van der Waals surface area (Å²) < 4.78 is 11.9. The highest BCUT2D eigenvalue weighted by Gasteiger charge is 2.16. The first-order valence-corrected chi connectivity index (χ1v) is 6.64. The van der Waals surface area contributed by atoms with Crippen molar-refractivity contribution in [2.24, 2.45) is 7.05 Å². The number of carbonyl (C=O) groups is 1. The van der Waals surface area contributed by atoms with Gasteiger partial charge in [-0.1, -0.05) is 11.6 Å². The average molecular weight is 311 g/mol. The summed E-state index contributed by atoms with van der Waals surface area (Å²) in [5, 5.41) is 12.1. The summed E-state index contributed by atoms with van der Waals surface area (Å²) in [6, 6.07) is 0. The van der Waals surface area contributed by atoms with Crippen LogP contribution < -0.4 is 0 Å². The highest BCUT2D eigenvalue weighted by atomic mass is 35.5. The molecule has 0 bridgehead atoms. The third-order valence-corrected chi connectivity index (χ3v) is 3.21. The van der Waals surface area contributed by atoms with Crippen LogP contribution in [0.4, 0.5) is 0 Å². The van der Waals surface area contributed by atoms with Crippen molar-refractivity contribution < 1.29 is 13.9 Å². The van der Waals surface area contributed by atoms with Gasteiger partial charge in [0.15, 0.2) is 6.10 Å². The van der Waals surface area contributed by atoms with Crippen molar-refractivity contribution in [2.45, 2.75) is 26.9 Å². The van der Waals surface area contributed by atoms with Crippen molar-refractivity contribution in [1.29, 1.82) is 0 Å². The van der Waals surface area contributed by atoms with Crippen LogP contribution in [0, 0.1) is 13.8 Å². The zero-order valence-corrected chi connectivity index (χ0v) is 12.9. The molecule has 0 aliphatic rings. The summed E-state index contributed by atoms with van der Waals surface area (Å²) in [7, 11) is 1.73. The number of rotatable bonds is 4. The Kier molecular flexibility index (Phi) is 4.42. The van der Waals surface area contributed by atoms with Gasteiger partial charge in [-0.05, 0) is 19.9 Å². The van der Waals surface area contributed by atoms with Crippen LogP contribution in [0.5, 0.6) is 0 Å². The number of aromatic nitrogens is 4. The summed E-state index contributed by atoms with van der Waals surface area (Å²) in [4.78, 5) is 11.8. The molecule has 0 N–H and O–H groups in total. The van der Waals surface area contributed by atoms with Crippen molar-refractivity contribution in [3.05, 3.63) is 34.3 Å². The normalized spacial score (nSPS) is 12.8. The number of carbonyl (C=O) groups excluding carboxylic acids is 1. The number of aryl methyl sites for hydroxylation is 3. The third kappa shape index (κ3) is 3.49. The minimum atomic E-state index is -0.617. The standard InChI is InChI=1S/C13H15ClN4O3/c1-7-10(12(14)18(4)17-7)5-6-11(19)20-8(2)13-16-15-9(3)21-13/h5-6,8H,1-4H3/b6-5+. The monoisotopic (exact) mass is 310 g/mol. The highest BCUT2D eigenvalue weighted by Crippen LogP contribution is 2.20. The Balaban J connectivity index is 2.03. The topological polar surface area (TPSA) is 83.0 Å². The van der Waals surface area contributed by atoms with E-state index in [-0.39, 0.29) is 5.89 Å². The lowest BCUT2D eigenvalue weighted by Gasteiger charge is -2.06. The second-order valence-electron chi connectivity index (χ2n) is 4.49. The Labute approximate surface area is 126 Å². The molecule has 112 valence electrons. The van der Waals surface area contributed by atoms with Gasteiger partial charge in [-0.25, -0.2) is 4.79 Å². The first kappa shape index (κ1) is 15.2. The molecular formula is C13H15ClN4O3. The molecule has 7 nitrogen and oxygen atoms in total. The Bertz CT molecular complexity index is 690. The number of nitrogens with zero attached hydrogens (tertiary/aromatic N) is 4. The first-order valence-electron chi connectivity index (χ1n) is 6.26. The number of hydrogen-bond donors (Lipinski definition) is 0. The van der Waals surface area contributed by atoms with Crippen LogP contribution in [0.25, 0.3) is 6.08 Å². The molecule has 2 aromatic heterocycles. The van der Waals surface area contributed by atoms with Gasteiger partial charge in [0.1, 0.15) is 5.15 Å². The average Bonchev–Trinajstić information content (AvgIpc) is 2.94. The summed E-state index contributed by atoms with van der Waals surface area (Å²) >= 11 is 6.07. The van der Waals surface area contributed by atoms with Crippen LogP contribution in [0.15, 0.2) is 10.5 Å². The van der Waals surface area contributed by atoms with Gasteiger partial charge in [-0.3, -0.25) is 4.68 Å². The Hall–Kier alpha value is -2.15. The largest absolute Gasteiger partial charge is 0.449 e. The second kappa shape index (κ2) is 6.09. The fourth-order valence-corrected chi connectivity index (χ4v) is 1.96. The van der Waals surface area contributed by atoms with Crippen molar-refractivity contribution in [3.8, 4) is 0 Å². The molecule has 0 fully saturated rings. The lowest BCUT2D eigenvalue weighted by atomic mass is 10.2. The quantitative estimate of drug-likeness (QED) is 0.637. The molecule has 0 spiro atoms. The molecule has 2 aromatic rings. The van der Waals surface area contributed by atoms with Crippen molar-refractivity contribution >= 4 is 23.6 Å². The number of esters is 1. The Morgan fingerprint density at radius 1 is 1.43 bits per heavy atom. The Morgan fingerprint density at radius 3 is 2.67 bits per heavy atom. The van der Waals surface area contributed by atoms with E-state index in [1.165, 1.54) is 10.8 Å². The molecule has 0 aliphatic carbocycles. The van der Waals surface area contributed by atoms with Gasteiger partial charge in [-0.15, -0.1) is 10.2 Å². The maximum Gasteiger partial charge on any atom is 0.331 e. The third-order valence-electron chi connectivity index (χ3n) is 2.76. The number of halogens is 1. The molecule has 1 unspecified atom stereocenters. The second-order valence-corrected chi connectivity index (χ2v) is 4.84. The molecule has 0 amide bonds. The first-order chi connectivity index (χ1) is 9.88.